The quantitative estimate of drug-likeness (QED) is 0.611. The molecule has 0 amide bonds. The maximum absolute atomic E-state index is 11.0. The number of anilines is 1. The van der Waals surface area contributed by atoms with Crippen LogP contribution in [0.5, 0.6) is 0 Å². The number of sulfonamides is 1. The summed E-state index contributed by atoms with van der Waals surface area (Å²) < 4.78 is 24.5. The molecule has 0 spiro atoms. The van der Waals surface area contributed by atoms with Gasteiger partial charge in [-0.1, -0.05) is 31.0 Å². The Morgan fingerprint density at radius 2 is 1.88 bits per heavy atom. The second-order valence-corrected chi connectivity index (χ2v) is 10.4. The van der Waals surface area contributed by atoms with Crippen LogP contribution in [-0.4, -0.2) is 38.5 Å². The molecule has 0 aliphatic carbocycles. The van der Waals surface area contributed by atoms with Crippen LogP contribution < -0.4 is 10.0 Å². The zero-order valence-electron chi connectivity index (χ0n) is 15.0. The number of benzene rings is 1. The Hall–Kier alpha value is -1.09. The van der Waals surface area contributed by atoms with Crippen molar-refractivity contribution in [3.05, 3.63) is 29.1 Å². The van der Waals surface area contributed by atoms with Gasteiger partial charge in [-0.25, -0.2) is 18.1 Å². The lowest BCUT2D eigenvalue weighted by Gasteiger charge is -2.05. The van der Waals surface area contributed by atoms with E-state index in [4.69, 9.17) is 4.98 Å². The maximum Gasteiger partial charge on any atom is 0.208 e. The number of aryl methyl sites for hydroxylation is 1. The van der Waals surface area contributed by atoms with E-state index in [1.54, 1.807) is 11.3 Å². The van der Waals surface area contributed by atoms with E-state index in [0.717, 1.165) is 55.2 Å². The average Bonchev–Trinajstić information content (AvgIpc) is 2.92. The molecule has 0 fully saturated rings. The molecular formula is C18H25N3O2S3. The lowest BCUT2D eigenvalue weighted by molar-refractivity contribution is 0.578. The normalized spacial score (nSPS) is 13.7. The molecular weight excluding hydrogens is 386 g/mol. The Morgan fingerprint density at radius 3 is 2.69 bits per heavy atom. The summed E-state index contributed by atoms with van der Waals surface area (Å²) in [6.07, 6.45) is 6.33. The van der Waals surface area contributed by atoms with Crippen molar-refractivity contribution in [1.82, 2.24) is 9.71 Å². The van der Waals surface area contributed by atoms with Crippen LogP contribution in [0, 0.1) is 0 Å². The molecule has 2 heterocycles. The summed E-state index contributed by atoms with van der Waals surface area (Å²) >= 11 is 3.69. The number of fused-ring (bicyclic) bond motifs is 3. The monoisotopic (exact) mass is 411 g/mol. The molecule has 1 aliphatic heterocycles. The molecule has 0 bridgehead atoms. The molecule has 0 saturated heterocycles. The number of hydrogen-bond donors (Lipinski definition) is 2. The molecule has 3 rings (SSSR count). The van der Waals surface area contributed by atoms with Crippen LogP contribution >= 0.6 is 23.1 Å². The predicted octanol–water partition coefficient (Wildman–Crippen LogP) is 3.98. The van der Waals surface area contributed by atoms with E-state index in [1.807, 2.05) is 11.8 Å². The van der Waals surface area contributed by atoms with Crippen molar-refractivity contribution < 1.29 is 8.42 Å². The topological polar surface area (TPSA) is 71.1 Å². The largest absolute Gasteiger partial charge is 0.361 e. The van der Waals surface area contributed by atoms with Crippen LogP contribution in [0.3, 0.4) is 0 Å². The maximum atomic E-state index is 11.0. The zero-order valence-corrected chi connectivity index (χ0v) is 17.4. The molecule has 0 radical (unpaired) electrons. The number of rotatable bonds is 9. The van der Waals surface area contributed by atoms with Gasteiger partial charge in [-0.3, -0.25) is 0 Å². The van der Waals surface area contributed by atoms with E-state index in [1.165, 1.54) is 21.6 Å². The number of aromatic nitrogens is 1. The molecule has 0 unspecified atom stereocenters. The SMILES string of the molecule is CS(=O)(=O)NCCCCCCNc1nc2c(s1)CCSc1ccccc1-2. The fourth-order valence-electron chi connectivity index (χ4n) is 2.91. The lowest BCUT2D eigenvalue weighted by atomic mass is 10.1. The van der Waals surface area contributed by atoms with Crippen LogP contribution in [0.15, 0.2) is 29.2 Å². The van der Waals surface area contributed by atoms with Crippen molar-refractivity contribution >= 4 is 38.3 Å². The number of hydrogen-bond acceptors (Lipinski definition) is 6. The van der Waals surface area contributed by atoms with Crippen molar-refractivity contribution in [2.45, 2.75) is 37.0 Å². The van der Waals surface area contributed by atoms with E-state index < -0.39 is 10.0 Å². The van der Waals surface area contributed by atoms with Gasteiger partial charge < -0.3 is 5.32 Å². The molecule has 5 nitrogen and oxygen atoms in total. The highest BCUT2D eigenvalue weighted by Crippen LogP contribution is 2.40. The summed E-state index contributed by atoms with van der Waals surface area (Å²) in [6, 6.07) is 8.52. The van der Waals surface area contributed by atoms with E-state index >= 15 is 0 Å². The molecule has 142 valence electrons. The van der Waals surface area contributed by atoms with Gasteiger partial charge in [0.2, 0.25) is 10.0 Å². The third kappa shape index (κ3) is 5.70. The van der Waals surface area contributed by atoms with E-state index in [9.17, 15) is 8.42 Å². The van der Waals surface area contributed by atoms with E-state index in [0.29, 0.717) is 6.54 Å². The minimum absolute atomic E-state index is 0.531. The zero-order chi connectivity index (χ0) is 18.4. The van der Waals surface area contributed by atoms with Gasteiger partial charge in [0.05, 0.1) is 11.9 Å². The summed E-state index contributed by atoms with van der Waals surface area (Å²) in [5.74, 6) is 1.10. The third-order valence-corrected chi connectivity index (χ3v) is 7.05. The first-order valence-electron chi connectivity index (χ1n) is 8.93. The van der Waals surface area contributed by atoms with Gasteiger partial charge in [0.1, 0.15) is 0 Å². The van der Waals surface area contributed by atoms with Crippen LogP contribution in [0.4, 0.5) is 5.13 Å². The first-order valence-corrected chi connectivity index (χ1v) is 12.6. The highest BCUT2D eigenvalue weighted by atomic mass is 32.2. The fraction of sp³-hybridized carbons (Fsp3) is 0.500. The van der Waals surface area contributed by atoms with Crippen LogP contribution in [0.1, 0.15) is 30.6 Å². The minimum atomic E-state index is -3.05. The Morgan fingerprint density at radius 1 is 1.12 bits per heavy atom. The van der Waals surface area contributed by atoms with Crippen molar-refractivity contribution in [3.63, 3.8) is 0 Å². The van der Waals surface area contributed by atoms with Gasteiger partial charge in [0.25, 0.3) is 0 Å². The summed E-state index contributed by atoms with van der Waals surface area (Å²) in [5.41, 5.74) is 2.40. The molecule has 1 aromatic heterocycles. The van der Waals surface area contributed by atoms with Gasteiger partial charge in [0.15, 0.2) is 5.13 Å². The highest BCUT2D eigenvalue weighted by Gasteiger charge is 2.19. The van der Waals surface area contributed by atoms with Crippen molar-refractivity contribution in [2.75, 3.05) is 30.4 Å². The second-order valence-electron chi connectivity index (χ2n) is 6.39. The van der Waals surface area contributed by atoms with Gasteiger partial charge in [-0.15, -0.1) is 23.1 Å². The van der Waals surface area contributed by atoms with Gasteiger partial charge >= 0.3 is 0 Å². The van der Waals surface area contributed by atoms with Crippen LogP contribution in [-0.2, 0) is 16.4 Å². The Bertz CT molecular complexity index is 834. The first-order chi connectivity index (χ1) is 12.5. The second kappa shape index (κ2) is 9.21. The fourth-order valence-corrected chi connectivity index (χ4v) is 5.57. The molecule has 0 atom stereocenters. The number of nitrogens with one attached hydrogen (secondary N) is 2. The summed E-state index contributed by atoms with van der Waals surface area (Å²) in [5, 5.41) is 4.47. The van der Waals surface area contributed by atoms with Gasteiger partial charge in [0, 0.05) is 34.2 Å². The Kier molecular flexibility index (Phi) is 6.97. The van der Waals surface area contributed by atoms with Crippen molar-refractivity contribution in [3.8, 4) is 11.3 Å². The van der Waals surface area contributed by atoms with E-state index in [2.05, 4.69) is 34.3 Å². The smallest absolute Gasteiger partial charge is 0.208 e. The molecule has 0 saturated carbocycles. The van der Waals surface area contributed by atoms with Gasteiger partial charge in [-0.2, -0.15) is 0 Å². The molecule has 2 aromatic rings. The standard InChI is InChI=1S/C18H25N3O2S3/c1-26(22,23)20-12-7-3-2-6-11-19-18-21-17-14-8-4-5-9-15(14)24-13-10-16(17)25-18/h4-5,8-9,20H,2-3,6-7,10-13H2,1H3,(H,19,21). The molecule has 26 heavy (non-hydrogen) atoms. The summed E-state index contributed by atoms with van der Waals surface area (Å²) in [4.78, 5) is 7.54. The Labute approximate surface area is 164 Å². The lowest BCUT2D eigenvalue weighted by Crippen LogP contribution is -2.22. The number of thiazole rings is 1. The van der Waals surface area contributed by atoms with Gasteiger partial charge in [-0.05, 0) is 25.3 Å². The van der Waals surface area contributed by atoms with E-state index in [-0.39, 0.29) is 0 Å². The number of thioether (sulfide) groups is 1. The third-order valence-electron chi connectivity index (χ3n) is 4.17. The number of nitrogens with zero attached hydrogens (tertiary/aromatic N) is 1. The minimum Gasteiger partial charge on any atom is -0.361 e. The first kappa shape index (κ1) is 19.7. The van der Waals surface area contributed by atoms with Crippen molar-refractivity contribution in [1.29, 1.82) is 0 Å². The predicted molar refractivity (Wildman–Crippen MR) is 112 cm³/mol. The highest BCUT2D eigenvalue weighted by molar-refractivity contribution is 7.99. The molecule has 1 aliphatic rings. The molecule has 8 heteroatoms. The van der Waals surface area contributed by atoms with Crippen LogP contribution in [0.25, 0.3) is 11.3 Å². The summed E-state index contributed by atoms with van der Waals surface area (Å²) in [7, 11) is -3.05. The number of unbranched alkanes of at least 4 members (excludes halogenated alkanes) is 3. The molecule has 2 N–H and O–H groups in total. The summed E-state index contributed by atoms with van der Waals surface area (Å²) in [6.45, 7) is 1.44. The Balaban J connectivity index is 1.44. The molecule has 1 aromatic carbocycles. The van der Waals surface area contributed by atoms with Crippen LogP contribution in [0.2, 0.25) is 0 Å². The average molecular weight is 412 g/mol. The van der Waals surface area contributed by atoms with Crippen molar-refractivity contribution in [2.24, 2.45) is 0 Å².